The Morgan fingerprint density at radius 2 is 1.90 bits per heavy atom. The van der Waals surface area contributed by atoms with Crippen LogP contribution in [0.15, 0.2) is 54.6 Å². The Bertz CT molecular complexity index is 835. The van der Waals surface area contributed by atoms with Gasteiger partial charge in [-0.25, -0.2) is 4.79 Å². The maximum Gasteiger partial charge on any atom is 0.317 e. The van der Waals surface area contributed by atoms with Crippen molar-refractivity contribution in [2.45, 2.75) is 45.2 Å². The molecule has 154 valence electrons. The Hall–Kier alpha value is -2.82. The number of rotatable bonds is 5. The number of hydrogen-bond acceptors (Lipinski definition) is 2. The average Bonchev–Trinajstić information content (AvgIpc) is 2.73. The number of nitrogens with one attached hydrogen (secondary N) is 1. The van der Waals surface area contributed by atoms with Gasteiger partial charge in [0.2, 0.25) is 0 Å². The van der Waals surface area contributed by atoms with Crippen molar-refractivity contribution in [1.29, 1.82) is 0 Å². The van der Waals surface area contributed by atoms with Crippen molar-refractivity contribution >= 4 is 11.9 Å². The molecule has 0 spiro atoms. The highest BCUT2D eigenvalue weighted by Gasteiger charge is 2.25. The summed E-state index contributed by atoms with van der Waals surface area (Å²) in [6.07, 6.45) is 2.01. The van der Waals surface area contributed by atoms with E-state index in [-0.39, 0.29) is 23.9 Å². The van der Waals surface area contributed by atoms with Crippen LogP contribution in [0.5, 0.6) is 0 Å². The summed E-state index contributed by atoms with van der Waals surface area (Å²) >= 11 is 0. The van der Waals surface area contributed by atoms with Crippen molar-refractivity contribution in [1.82, 2.24) is 15.1 Å². The Labute approximate surface area is 173 Å². The molecule has 1 aliphatic rings. The number of hydrogen-bond donors (Lipinski definition) is 1. The van der Waals surface area contributed by atoms with Gasteiger partial charge < -0.3 is 15.1 Å². The van der Waals surface area contributed by atoms with Crippen molar-refractivity contribution in [3.63, 3.8) is 0 Å². The van der Waals surface area contributed by atoms with E-state index in [9.17, 15) is 9.59 Å². The second-order valence-electron chi connectivity index (χ2n) is 8.16. The number of nitrogens with zero attached hydrogens (tertiary/aromatic N) is 2. The first kappa shape index (κ1) is 20.9. The van der Waals surface area contributed by atoms with Gasteiger partial charge in [0.1, 0.15) is 0 Å². The van der Waals surface area contributed by atoms with E-state index in [4.69, 9.17) is 0 Å². The maximum absolute atomic E-state index is 12.9. The average molecular weight is 394 g/mol. The minimum absolute atomic E-state index is 0.000439. The Balaban J connectivity index is 1.68. The zero-order valence-corrected chi connectivity index (χ0v) is 17.6. The second-order valence-corrected chi connectivity index (χ2v) is 8.16. The van der Waals surface area contributed by atoms with Crippen LogP contribution in [0.4, 0.5) is 4.79 Å². The van der Waals surface area contributed by atoms with Crippen LogP contribution in [-0.2, 0) is 6.54 Å². The van der Waals surface area contributed by atoms with E-state index in [1.165, 1.54) is 0 Å². The number of piperidine rings is 1. The van der Waals surface area contributed by atoms with Gasteiger partial charge in [0.25, 0.3) is 5.91 Å². The number of likely N-dealkylation sites (tertiary alicyclic amines) is 1. The van der Waals surface area contributed by atoms with Crippen molar-refractivity contribution in [2.24, 2.45) is 0 Å². The van der Waals surface area contributed by atoms with Gasteiger partial charge in [0.15, 0.2) is 0 Å². The molecule has 1 heterocycles. The van der Waals surface area contributed by atoms with Crippen LogP contribution < -0.4 is 5.32 Å². The van der Waals surface area contributed by atoms with Gasteiger partial charge in [-0.1, -0.05) is 42.5 Å². The van der Waals surface area contributed by atoms with E-state index in [0.29, 0.717) is 18.7 Å². The lowest BCUT2D eigenvalue weighted by Crippen LogP contribution is -2.47. The zero-order valence-electron chi connectivity index (χ0n) is 17.6. The zero-order chi connectivity index (χ0) is 20.8. The molecule has 0 saturated carbocycles. The molecule has 1 N–H and O–H groups in total. The normalized spacial score (nSPS) is 16.6. The van der Waals surface area contributed by atoms with Crippen molar-refractivity contribution in [3.05, 3.63) is 71.3 Å². The van der Waals surface area contributed by atoms with Gasteiger partial charge in [-0.05, 0) is 49.9 Å². The smallest absolute Gasteiger partial charge is 0.317 e. The molecule has 1 atom stereocenters. The molecule has 29 heavy (non-hydrogen) atoms. The predicted molar refractivity (Wildman–Crippen MR) is 116 cm³/mol. The first-order valence-corrected chi connectivity index (χ1v) is 10.4. The molecule has 5 nitrogen and oxygen atoms in total. The lowest BCUT2D eigenvalue weighted by Gasteiger charge is -2.33. The minimum atomic E-state index is -0.000439. The molecule has 1 aliphatic heterocycles. The molecule has 2 aromatic rings. The number of amides is 3. The molecule has 3 rings (SSSR count). The molecule has 0 bridgehead atoms. The number of urea groups is 1. The lowest BCUT2D eigenvalue weighted by molar-refractivity contribution is 0.0785. The fourth-order valence-corrected chi connectivity index (χ4v) is 3.85. The number of benzene rings is 2. The minimum Gasteiger partial charge on any atom is -0.337 e. The first-order valence-electron chi connectivity index (χ1n) is 10.4. The monoisotopic (exact) mass is 393 g/mol. The Morgan fingerprint density at radius 3 is 2.62 bits per heavy atom. The molecule has 0 unspecified atom stereocenters. The van der Waals surface area contributed by atoms with Crippen LogP contribution in [0, 0.1) is 0 Å². The van der Waals surface area contributed by atoms with Crippen LogP contribution in [-0.4, -0.2) is 47.9 Å². The van der Waals surface area contributed by atoms with Crippen LogP contribution >= 0.6 is 0 Å². The summed E-state index contributed by atoms with van der Waals surface area (Å²) in [5, 5.41) is 2.98. The first-order chi connectivity index (χ1) is 13.9. The van der Waals surface area contributed by atoms with Gasteiger partial charge >= 0.3 is 6.03 Å². The highest BCUT2D eigenvalue weighted by atomic mass is 16.2. The molecular weight excluding hydrogens is 362 g/mol. The summed E-state index contributed by atoms with van der Waals surface area (Å²) in [4.78, 5) is 28.9. The molecule has 1 fully saturated rings. The van der Waals surface area contributed by atoms with Crippen LogP contribution in [0.25, 0.3) is 0 Å². The predicted octanol–water partition coefficient (Wildman–Crippen LogP) is 4.26. The van der Waals surface area contributed by atoms with E-state index < -0.39 is 0 Å². The summed E-state index contributed by atoms with van der Waals surface area (Å²) in [6, 6.07) is 18.0. The molecular formula is C24H31N3O2. The van der Waals surface area contributed by atoms with E-state index in [1.54, 1.807) is 4.90 Å². The summed E-state index contributed by atoms with van der Waals surface area (Å²) in [7, 11) is 1.83. The highest BCUT2D eigenvalue weighted by Crippen LogP contribution is 2.28. The summed E-state index contributed by atoms with van der Waals surface area (Å²) in [5.41, 5.74) is 2.94. The third-order valence-corrected chi connectivity index (χ3v) is 5.34. The molecule has 0 radical (unpaired) electrons. The number of carbonyl (C=O) groups excluding carboxylic acids is 2. The van der Waals surface area contributed by atoms with E-state index in [2.05, 4.69) is 11.4 Å². The largest absolute Gasteiger partial charge is 0.337 e. The van der Waals surface area contributed by atoms with E-state index in [0.717, 1.165) is 30.5 Å². The summed E-state index contributed by atoms with van der Waals surface area (Å²) < 4.78 is 0. The molecule has 1 saturated heterocycles. The molecule has 2 aromatic carbocycles. The van der Waals surface area contributed by atoms with Crippen LogP contribution in [0.2, 0.25) is 0 Å². The van der Waals surface area contributed by atoms with Gasteiger partial charge in [-0.3, -0.25) is 4.79 Å². The lowest BCUT2D eigenvalue weighted by atomic mass is 9.89. The topological polar surface area (TPSA) is 52.7 Å². The van der Waals surface area contributed by atoms with E-state index in [1.807, 2.05) is 74.3 Å². The standard InChI is InChI=1S/C24H31N3O2/c1-18(2)25-24(29)27-14-8-13-22(17-27)20-11-7-12-21(15-20)23(28)26(3)16-19-9-5-4-6-10-19/h4-7,9-12,15,18,22H,8,13-14,16-17H2,1-3H3,(H,25,29)/t22-/m0/s1. The molecule has 0 aliphatic carbocycles. The third kappa shape index (κ3) is 5.59. The van der Waals surface area contributed by atoms with Crippen molar-refractivity contribution < 1.29 is 9.59 Å². The van der Waals surface area contributed by atoms with Crippen LogP contribution in [0.3, 0.4) is 0 Å². The highest BCUT2D eigenvalue weighted by molar-refractivity contribution is 5.94. The maximum atomic E-state index is 12.9. The van der Waals surface area contributed by atoms with Crippen LogP contribution in [0.1, 0.15) is 54.1 Å². The van der Waals surface area contributed by atoms with Gasteiger partial charge in [0, 0.05) is 44.2 Å². The fourth-order valence-electron chi connectivity index (χ4n) is 3.85. The van der Waals surface area contributed by atoms with Gasteiger partial charge in [0.05, 0.1) is 0 Å². The van der Waals surface area contributed by atoms with Gasteiger partial charge in [-0.15, -0.1) is 0 Å². The van der Waals surface area contributed by atoms with E-state index >= 15 is 0 Å². The molecule has 0 aromatic heterocycles. The summed E-state index contributed by atoms with van der Waals surface area (Å²) in [6.45, 7) is 6.00. The fraction of sp³-hybridized carbons (Fsp3) is 0.417. The molecule has 5 heteroatoms. The van der Waals surface area contributed by atoms with Crippen molar-refractivity contribution in [3.8, 4) is 0 Å². The second kappa shape index (κ2) is 9.59. The third-order valence-electron chi connectivity index (χ3n) is 5.34. The Morgan fingerprint density at radius 1 is 1.14 bits per heavy atom. The Kier molecular flexibility index (Phi) is 6.91. The van der Waals surface area contributed by atoms with Gasteiger partial charge in [-0.2, -0.15) is 0 Å². The quantitative estimate of drug-likeness (QED) is 0.825. The molecule has 3 amide bonds. The van der Waals surface area contributed by atoms with Crippen molar-refractivity contribution in [2.75, 3.05) is 20.1 Å². The SMILES string of the molecule is CC(C)NC(=O)N1CCC[C@H](c2cccc(C(=O)N(C)Cc3ccccc3)c2)C1. The summed E-state index contributed by atoms with van der Waals surface area (Å²) in [5.74, 6) is 0.273. The number of carbonyl (C=O) groups is 2.